The average molecular weight is 558 g/mol. The van der Waals surface area contributed by atoms with Crippen molar-refractivity contribution in [2.75, 3.05) is 6.61 Å². The number of rotatable bonds is 8. The SMILES string of the molecule is C[C@H](C(=O)NC1CCCCC1)N(Cc1cccc(Cl)c1)C(=O)COc1ccc2ccccc2c1Br. The van der Waals surface area contributed by atoms with Gasteiger partial charge in [0.1, 0.15) is 11.8 Å². The lowest BCUT2D eigenvalue weighted by atomic mass is 9.95. The molecule has 0 saturated heterocycles. The number of halogens is 2. The van der Waals surface area contributed by atoms with E-state index in [0.717, 1.165) is 46.5 Å². The first kappa shape index (κ1) is 25.5. The molecule has 184 valence electrons. The van der Waals surface area contributed by atoms with Crippen molar-refractivity contribution in [3.63, 3.8) is 0 Å². The number of amides is 2. The van der Waals surface area contributed by atoms with Crippen molar-refractivity contribution in [3.8, 4) is 5.75 Å². The fourth-order valence-electron chi connectivity index (χ4n) is 4.53. The van der Waals surface area contributed by atoms with Crippen LogP contribution >= 0.6 is 27.5 Å². The summed E-state index contributed by atoms with van der Waals surface area (Å²) in [5, 5.41) is 5.82. The molecule has 3 aromatic rings. The summed E-state index contributed by atoms with van der Waals surface area (Å²) in [5.41, 5.74) is 0.857. The molecule has 3 aromatic carbocycles. The summed E-state index contributed by atoms with van der Waals surface area (Å²) >= 11 is 9.78. The van der Waals surface area contributed by atoms with Gasteiger partial charge >= 0.3 is 0 Å². The minimum Gasteiger partial charge on any atom is -0.483 e. The summed E-state index contributed by atoms with van der Waals surface area (Å²) in [7, 11) is 0. The van der Waals surface area contributed by atoms with E-state index in [1.54, 1.807) is 17.9 Å². The van der Waals surface area contributed by atoms with Gasteiger partial charge in [-0.3, -0.25) is 9.59 Å². The number of nitrogens with one attached hydrogen (secondary N) is 1. The second-order valence-corrected chi connectivity index (χ2v) is 10.3. The lowest BCUT2D eigenvalue weighted by Gasteiger charge is -2.31. The molecule has 7 heteroatoms. The number of hydrogen-bond donors (Lipinski definition) is 1. The van der Waals surface area contributed by atoms with Crippen molar-refractivity contribution in [1.82, 2.24) is 10.2 Å². The third-order valence-electron chi connectivity index (χ3n) is 6.54. The molecule has 0 bridgehead atoms. The van der Waals surface area contributed by atoms with Gasteiger partial charge in [-0.05, 0) is 70.2 Å². The summed E-state index contributed by atoms with van der Waals surface area (Å²) < 4.78 is 6.73. The molecule has 2 amide bonds. The molecule has 1 N–H and O–H groups in total. The minimum absolute atomic E-state index is 0.140. The van der Waals surface area contributed by atoms with E-state index in [0.29, 0.717) is 10.8 Å². The molecule has 0 aliphatic heterocycles. The van der Waals surface area contributed by atoms with Crippen LogP contribution in [0.3, 0.4) is 0 Å². The molecule has 0 spiro atoms. The zero-order valence-corrected chi connectivity index (χ0v) is 22.1. The van der Waals surface area contributed by atoms with Crippen molar-refractivity contribution < 1.29 is 14.3 Å². The van der Waals surface area contributed by atoms with E-state index < -0.39 is 6.04 Å². The maximum atomic E-state index is 13.4. The average Bonchev–Trinajstić information content (AvgIpc) is 2.87. The van der Waals surface area contributed by atoms with Gasteiger partial charge < -0.3 is 15.0 Å². The number of benzene rings is 3. The highest BCUT2D eigenvalue weighted by molar-refractivity contribution is 9.10. The predicted octanol–water partition coefficient (Wildman–Crippen LogP) is 6.50. The molecule has 5 nitrogen and oxygen atoms in total. The molecule has 1 atom stereocenters. The number of carbonyl (C=O) groups is 2. The highest BCUT2D eigenvalue weighted by atomic mass is 79.9. The zero-order chi connectivity index (χ0) is 24.8. The number of hydrogen-bond acceptors (Lipinski definition) is 3. The monoisotopic (exact) mass is 556 g/mol. The van der Waals surface area contributed by atoms with E-state index in [2.05, 4.69) is 21.2 Å². The van der Waals surface area contributed by atoms with Gasteiger partial charge in [0.15, 0.2) is 6.61 Å². The Bertz CT molecular complexity index is 1200. The van der Waals surface area contributed by atoms with Crippen LogP contribution in [0.15, 0.2) is 65.1 Å². The van der Waals surface area contributed by atoms with E-state index in [-0.39, 0.29) is 31.0 Å². The number of ether oxygens (including phenoxy) is 1. The summed E-state index contributed by atoms with van der Waals surface area (Å²) in [6, 6.07) is 18.6. The first-order valence-electron chi connectivity index (χ1n) is 12.1. The van der Waals surface area contributed by atoms with Crippen LogP contribution in [0.5, 0.6) is 5.75 Å². The fourth-order valence-corrected chi connectivity index (χ4v) is 5.35. The Hall–Kier alpha value is -2.57. The third kappa shape index (κ3) is 6.56. The number of carbonyl (C=O) groups excluding carboxylic acids is 2. The Kier molecular flexibility index (Phi) is 8.69. The lowest BCUT2D eigenvalue weighted by Crippen LogP contribution is -2.51. The maximum absolute atomic E-state index is 13.4. The van der Waals surface area contributed by atoms with Crippen LogP contribution in [-0.2, 0) is 16.1 Å². The van der Waals surface area contributed by atoms with Crippen molar-refractivity contribution in [3.05, 3.63) is 75.7 Å². The highest BCUT2D eigenvalue weighted by Crippen LogP contribution is 2.33. The molecule has 0 aromatic heterocycles. The van der Waals surface area contributed by atoms with Crippen LogP contribution in [0.4, 0.5) is 0 Å². The Morgan fingerprint density at radius 2 is 1.86 bits per heavy atom. The van der Waals surface area contributed by atoms with E-state index >= 15 is 0 Å². The van der Waals surface area contributed by atoms with Crippen molar-refractivity contribution in [2.45, 2.75) is 57.7 Å². The van der Waals surface area contributed by atoms with Gasteiger partial charge in [-0.15, -0.1) is 0 Å². The van der Waals surface area contributed by atoms with Gasteiger partial charge in [-0.1, -0.05) is 73.3 Å². The molecule has 0 radical (unpaired) electrons. The van der Waals surface area contributed by atoms with Crippen molar-refractivity contribution >= 4 is 50.1 Å². The second kappa shape index (κ2) is 11.9. The van der Waals surface area contributed by atoms with Crippen molar-refractivity contribution in [1.29, 1.82) is 0 Å². The smallest absolute Gasteiger partial charge is 0.261 e. The first-order valence-corrected chi connectivity index (χ1v) is 13.2. The van der Waals surface area contributed by atoms with E-state index in [9.17, 15) is 9.59 Å². The lowest BCUT2D eigenvalue weighted by molar-refractivity contribution is -0.142. The highest BCUT2D eigenvalue weighted by Gasteiger charge is 2.28. The third-order valence-corrected chi connectivity index (χ3v) is 7.59. The predicted molar refractivity (Wildman–Crippen MR) is 144 cm³/mol. The summed E-state index contributed by atoms with van der Waals surface area (Å²) in [6.45, 7) is 1.85. The summed E-state index contributed by atoms with van der Waals surface area (Å²) in [6.07, 6.45) is 5.43. The quantitative estimate of drug-likeness (QED) is 0.344. The fraction of sp³-hybridized carbons (Fsp3) is 0.357. The largest absolute Gasteiger partial charge is 0.483 e. The maximum Gasteiger partial charge on any atom is 0.261 e. The van der Waals surface area contributed by atoms with E-state index in [4.69, 9.17) is 16.3 Å². The van der Waals surface area contributed by atoms with Gasteiger partial charge in [0.25, 0.3) is 5.91 Å². The van der Waals surface area contributed by atoms with Crippen LogP contribution in [-0.4, -0.2) is 35.4 Å². The molecule has 35 heavy (non-hydrogen) atoms. The summed E-state index contributed by atoms with van der Waals surface area (Å²) in [4.78, 5) is 28.1. The molecule has 0 unspecified atom stereocenters. The first-order chi connectivity index (χ1) is 16.9. The Morgan fingerprint density at radius 3 is 2.63 bits per heavy atom. The standard InChI is InChI=1S/C28H30BrClN2O3/c1-19(28(34)31-23-11-3-2-4-12-23)32(17-20-8-7-10-22(30)16-20)26(33)18-35-25-15-14-21-9-5-6-13-24(21)27(25)29/h5-10,13-16,19,23H,2-4,11-12,17-18H2,1H3,(H,31,34)/t19-/m1/s1. The number of fused-ring (bicyclic) bond motifs is 1. The van der Waals surface area contributed by atoms with Gasteiger partial charge in [-0.2, -0.15) is 0 Å². The minimum atomic E-state index is -0.646. The van der Waals surface area contributed by atoms with E-state index in [1.165, 1.54) is 6.42 Å². The van der Waals surface area contributed by atoms with Gasteiger partial charge in [-0.25, -0.2) is 0 Å². The Morgan fingerprint density at radius 1 is 1.09 bits per heavy atom. The van der Waals surface area contributed by atoms with Crippen LogP contribution in [0.1, 0.15) is 44.6 Å². The van der Waals surface area contributed by atoms with E-state index in [1.807, 2.05) is 54.6 Å². The Labute approximate surface area is 219 Å². The molecular weight excluding hydrogens is 528 g/mol. The molecule has 1 fully saturated rings. The van der Waals surface area contributed by atoms with Gasteiger partial charge in [0.2, 0.25) is 5.91 Å². The molecule has 0 heterocycles. The van der Waals surface area contributed by atoms with Crippen LogP contribution < -0.4 is 10.1 Å². The topological polar surface area (TPSA) is 58.6 Å². The molecule has 1 aliphatic rings. The zero-order valence-electron chi connectivity index (χ0n) is 19.8. The van der Waals surface area contributed by atoms with Gasteiger partial charge in [0, 0.05) is 17.6 Å². The molecule has 1 aliphatic carbocycles. The molecule has 1 saturated carbocycles. The second-order valence-electron chi connectivity index (χ2n) is 9.06. The van der Waals surface area contributed by atoms with Crippen LogP contribution in [0.2, 0.25) is 5.02 Å². The number of nitrogens with zero attached hydrogens (tertiary/aromatic N) is 1. The van der Waals surface area contributed by atoms with Crippen molar-refractivity contribution in [2.24, 2.45) is 0 Å². The van der Waals surface area contributed by atoms with Crippen LogP contribution in [0, 0.1) is 0 Å². The Balaban J connectivity index is 1.49. The normalized spacial score (nSPS) is 14.9. The van der Waals surface area contributed by atoms with Gasteiger partial charge in [0.05, 0.1) is 4.47 Å². The van der Waals surface area contributed by atoms with Crippen LogP contribution in [0.25, 0.3) is 10.8 Å². The molecule has 4 rings (SSSR count). The molecular formula is C28H30BrClN2O3. The summed E-state index contributed by atoms with van der Waals surface area (Å²) in [5.74, 6) is 0.176.